The first-order valence-corrected chi connectivity index (χ1v) is 13.5. The molecule has 194 valence electrons. The molecule has 1 amide bonds. The number of pyridine rings is 1. The standard InChI is InChI=1S/C25H25F2N5O4S/c1-37(34,35)36-32(22-5-2-18(3-6-22)14-30-16-25(26,27)17-30)24(33)9-4-19-12-28-11-10-23(19)20-13-29-31(15-20)21-7-8-21/h2-6,9-13,15,21H,7-8,14,16-17H2,1H3/b9-4+. The van der Waals surface area contributed by atoms with E-state index in [-0.39, 0.29) is 18.8 Å². The average molecular weight is 530 g/mol. The second kappa shape index (κ2) is 9.77. The Balaban J connectivity index is 1.34. The van der Waals surface area contributed by atoms with Gasteiger partial charge in [0.05, 0.1) is 37.3 Å². The van der Waals surface area contributed by atoms with Crippen LogP contribution in [0.5, 0.6) is 0 Å². The Hall–Kier alpha value is -3.48. The molecular formula is C25H25F2N5O4S. The van der Waals surface area contributed by atoms with E-state index in [2.05, 4.69) is 10.1 Å². The molecule has 1 aromatic carbocycles. The maximum absolute atomic E-state index is 13.1. The molecule has 1 saturated heterocycles. The molecular weight excluding hydrogens is 504 g/mol. The topological polar surface area (TPSA) is 97.6 Å². The number of aromatic nitrogens is 3. The summed E-state index contributed by atoms with van der Waals surface area (Å²) in [6, 6.07) is 8.53. The van der Waals surface area contributed by atoms with Crippen LogP contribution in [-0.4, -0.2) is 59.3 Å². The number of alkyl halides is 2. The van der Waals surface area contributed by atoms with E-state index in [0.29, 0.717) is 23.2 Å². The molecule has 0 atom stereocenters. The van der Waals surface area contributed by atoms with Gasteiger partial charge in [0, 0.05) is 42.3 Å². The van der Waals surface area contributed by atoms with Gasteiger partial charge in [-0.3, -0.25) is 19.4 Å². The summed E-state index contributed by atoms with van der Waals surface area (Å²) in [6.07, 6.45) is 12.7. The highest BCUT2D eigenvalue weighted by atomic mass is 32.2. The molecule has 2 aromatic heterocycles. The highest BCUT2D eigenvalue weighted by Crippen LogP contribution is 2.35. The van der Waals surface area contributed by atoms with Crippen LogP contribution in [-0.2, 0) is 25.7 Å². The predicted octanol–water partition coefficient (Wildman–Crippen LogP) is 3.67. The maximum Gasteiger partial charge on any atom is 0.285 e. The van der Waals surface area contributed by atoms with Crippen LogP contribution in [0.15, 0.2) is 61.2 Å². The van der Waals surface area contributed by atoms with Gasteiger partial charge in [-0.25, -0.2) is 8.78 Å². The second-order valence-corrected chi connectivity index (χ2v) is 10.9. The first kappa shape index (κ1) is 25.2. The van der Waals surface area contributed by atoms with Crippen molar-refractivity contribution in [2.75, 3.05) is 24.4 Å². The van der Waals surface area contributed by atoms with E-state index in [0.717, 1.165) is 35.8 Å². The third-order valence-electron chi connectivity index (χ3n) is 5.99. The summed E-state index contributed by atoms with van der Waals surface area (Å²) in [6.45, 7) is -0.296. The van der Waals surface area contributed by atoms with Crippen LogP contribution in [0.3, 0.4) is 0 Å². The lowest BCUT2D eigenvalue weighted by atomic mass is 10.0. The quantitative estimate of drug-likeness (QED) is 0.308. The van der Waals surface area contributed by atoms with E-state index in [1.54, 1.807) is 35.6 Å². The van der Waals surface area contributed by atoms with E-state index in [1.165, 1.54) is 24.3 Å². The Bertz CT molecular complexity index is 1430. The maximum atomic E-state index is 13.1. The van der Waals surface area contributed by atoms with Crippen LogP contribution in [0.25, 0.3) is 17.2 Å². The first-order chi connectivity index (χ1) is 17.6. The fourth-order valence-corrected chi connectivity index (χ4v) is 4.53. The highest BCUT2D eigenvalue weighted by Gasteiger charge is 2.43. The van der Waals surface area contributed by atoms with Gasteiger partial charge in [0.1, 0.15) is 0 Å². The van der Waals surface area contributed by atoms with Gasteiger partial charge in [0.2, 0.25) is 0 Å². The van der Waals surface area contributed by atoms with E-state index >= 15 is 0 Å². The van der Waals surface area contributed by atoms with Crippen molar-refractivity contribution in [3.63, 3.8) is 0 Å². The molecule has 0 N–H and O–H groups in total. The Morgan fingerprint density at radius 3 is 2.57 bits per heavy atom. The number of carbonyl (C=O) groups excluding carboxylic acids is 1. The minimum absolute atomic E-state index is 0.176. The number of carbonyl (C=O) groups is 1. The van der Waals surface area contributed by atoms with Crippen molar-refractivity contribution >= 4 is 27.8 Å². The van der Waals surface area contributed by atoms with Crippen molar-refractivity contribution in [2.24, 2.45) is 0 Å². The molecule has 3 heterocycles. The molecule has 0 radical (unpaired) electrons. The highest BCUT2D eigenvalue weighted by molar-refractivity contribution is 7.86. The molecule has 1 aliphatic carbocycles. The van der Waals surface area contributed by atoms with E-state index in [1.807, 2.05) is 16.9 Å². The number of halogens is 2. The van der Waals surface area contributed by atoms with Gasteiger partial charge in [-0.2, -0.15) is 18.6 Å². The summed E-state index contributed by atoms with van der Waals surface area (Å²) in [5.74, 6) is -3.39. The fourth-order valence-electron chi connectivity index (χ4n) is 4.10. The number of hydrogen-bond donors (Lipinski definition) is 0. The number of hydrogen-bond acceptors (Lipinski definition) is 7. The molecule has 2 fully saturated rings. The van der Waals surface area contributed by atoms with Gasteiger partial charge >= 0.3 is 0 Å². The molecule has 0 spiro atoms. The monoisotopic (exact) mass is 529 g/mol. The zero-order valence-electron chi connectivity index (χ0n) is 20.0. The van der Waals surface area contributed by atoms with Crippen molar-refractivity contribution in [1.82, 2.24) is 19.7 Å². The molecule has 9 nitrogen and oxygen atoms in total. The van der Waals surface area contributed by atoms with E-state index in [4.69, 9.17) is 4.28 Å². The zero-order valence-corrected chi connectivity index (χ0v) is 20.8. The second-order valence-electron chi connectivity index (χ2n) is 9.32. The third kappa shape index (κ3) is 6.27. The van der Waals surface area contributed by atoms with Crippen molar-refractivity contribution in [3.05, 3.63) is 72.3 Å². The van der Waals surface area contributed by atoms with Crippen LogP contribution in [0, 0.1) is 0 Å². The fraction of sp³-hybridized carbons (Fsp3) is 0.320. The zero-order chi connectivity index (χ0) is 26.2. The van der Waals surface area contributed by atoms with Gasteiger partial charge in [-0.05, 0) is 48.2 Å². The number of rotatable bonds is 9. The lowest BCUT2D eigenvalue weighted by molar-refractivity contribution is -0.133. The Morgan fingerprint density at radius 2 is 1.92 bits per heavy atom. The van der Waals surface area contributed by atoms with Gasteiger partial charge in [0.25, 0.3) is 21.9 Å². The minimum atomic E-state index is -4.03. The van der Waals surface area contributed by atoms with Crippen LogP contribution in [0.1, 0.15) is 30.0 Å². The SMILES string of the molecule is CS(=O)(=O)ON(C(=O)/C=C/c1cnccc1-c1cnn(C2CC2)c1)c1ccc(CN2CC(F)(F)C2)cc1. The van der Waals surface area contributed by atoms with Crippen LogP contribution >= 0.6 is 0 Å². The van der Waals surface area contributed by atoms with Crippen molar-refractivity contribution < 1.29 is 26.3 Å². The Morgan fingerprint density at radius 1 is 1.19 bits per heavy atom. The number of hydroxylamine groups is 1. The Labute approximate surface area is 213 Å². The lowest BCUT2D eigenvalue weighted by Gasteiger charge is -2.38. The summed E-state index contributed by atoms with van der Waals surface area (Å²) in [5.41, 5.74) is 3.26. The molecule has 0 bridgehead atoms. The van der Waals surface area contributed by atoms with Crippen molar-refractivity contribution in [2.45, 2.75) is 31.4 Å². The molecule has 1 saturated carbocycles. The number of amides is 1. The summed E-state index contributed by atoms with van der Waals surface area (Å²) in [5, 5.41) is 5.09. The molecule has 1 aliphatic heterocycles. The number of likely N-dealkylation sites (tertiary alicyclic amines) is 1. The predicted molar refractivity (Wildman–Crippen MR) is 133 cm³/mol. The van der Waals surface area contributed by atoms with Gasteiger partial charge in [-0.1, -0.05) is 12.1 Å². The smallest absolute Gasteiger partial charge is 0.285 e. The number of benzene rings is 1. The minimum Gasteiger partial charge on any atom is -0.287 e. The van der Waals surface area contributed by atoms with Crippen LogP contribution in [0.2, 0.25) is 0 Å². The largest absolute Gasteiger partial charge is 0.287 e. The molecule has 37 heavy (non-hydrogen) atoms. The number of nitrogens with zero attached hydrogens (tertiary/aromatic N) is 5. The molecule has 0 unspecified atom stereocenters. The molecule has 12 heteroatoms. The average Bonchev–Trinajstić information content (AvgIpc) is 3.57. The molecule has 3 aromatic rings. The van der Waals surface area contributed by atoms with Crippen molar-refractivity contribution in [3.8, 4) is 11.1 Å². The Kier molecular flexibility index (Phi) is 6.65. The van der Waals surface area contributed by atoms with Crippen LogP contribution < -0.4 is 5.06 Å². The summed E-state index contributed by atoms with van der Waals surface area (Å²) in [4.78, 5) is 18.8. The van der Waals surface area contributed by atoms with E-state index in [9.17, 15) is 22.0 Å². The lowest BCUT2D eigenvalue weighted by Crippen LogP contribution is -2.55. The van der Waals surface area contributed by atoms with Gasteiger partial charge in [0.15, 0.2) is 0 Å². The number of anilines is 1. The van der Waals surface area contributed by atoms with E-state index < -0.39 is 21.9 Å². The summed E-state index contributed by atoms with van der Waals surface area (Å²) < 4.78 is 56.8. The summed E-state index contributed by atoms with van der Waals surface area (Å²) in [7, 11) is -4.03. The normalized spacial score (nSPS) is 17.6. The van der Waals surface area contributed by atoms with Gasteiger partial charge in [-0.15, -0.1) is 4.28 Å². The van der Waals surface area contributed by atoms with Gasteiger partial charge < -0.3 is 0 Å². The first-order valence-electron chi connectivity index (χ1n) is 11.7. The molecule has 2 aliphatic rings. The van der Waals surface area contributed by atoms with Crippen LogP contribution in [0.4, 0.5) is 14.5 Å². The van der Waals surface area contributed by atoms with Crippen molar-refractivity contribution in [1.29, 1.82) is 0 Å². The summed E-state index contributed by atoms with van der Waals surface area (Å²) >= 11 is 0. The third-order valence-corrected chi connectivity index (χ3v) is 6.41. The molecule has 5 rings (SSSR count).